The van der Waals surface area contributed by atoms with Gasteiger partial charge in [-0.15, -0.1) is 0 Å². The van der Waals surface area contributed by atoms with E-state index in [0.717, 1.165) is 16.7 Å². The highest BCUT2D eigenvalue weighted by Crippen LogP contribution is 2.26. The first-order valence-corrected chi connectivity index (χ1v) is 12.2. The lowest BCUT2D eigenvalue weighted by Crippen LogP contribution is -2.49. The summed E-state index contributed by atoms with van der Waals surface area (Å²) in [5.74, 6) is 0. The summed E-state index contributed by atoms with van der Waals surface area (Å²) in [4.78, 5) is 15.0. The third kappa shape index (κ3) is 4.44. The fourth-order valence-electron chi connectivity index (χ4n) is 3.94. The van der Waals surface area contributed by atoms with Crippen LogP contribution in [0.2, 0.25) is 5.02 Å². The van der Waals surface area contributed by atoms with E-state index in [1.807, 2.05) is 61.2 Å². The van der Waals surface area contributed by atoms with E-state index in [2.05, 4.69) is 5.10 Å². The molecule has 0 unspecified atom stereocenters. The van der Waals surface area contributed by atoms with Crippen molar-refractivity contribution >= 4 is 27.3 Å². The molecule has 4 rings (SSSR count). The van der Waals surface area contributed by atoms with Gasteiger partial charge in [0.15, 0.2) is 0 Å². The van der Waals surface area contributed by atoms with Crippen LogP contribution >= 0.6 is 11.6 Å². The Labute approximate surface area is 192 Å². The maximum Gasteiger partial charge on any atom is 0.287 e. The Kier molecular flexibility index (Phi) is 6.37. The molecular weight excluding hydrogens is 448 g/mol. The van der Waals surface area contributed by atoms with Crippen LogP contribution in [0.4, 0.5) is 5.69 Å². The molecule has 0 saturated carbocycles. The molecule has 3 aromatic rings. The summed E-state index contributed by atoms with van der Waals surface area (Å²) in [7, 11) is -3.58. The second-order valence-corrected chi connectivity index (χ2v) is 10.2. The molecule has 2 aromatic carbocycles. The second-order valence-electron chi connectivity index (χ2n) is 7.95. The summed E-state index contributed by atoms with van der Waals surface area (Å²) >= 11 is 6.41. The minimum absolute atomic E-state index is 0.0987. The molecule has 1 aromatic heterocycles. The molecule has 168 valence electrons. The van der Waals surface area contributed by atoms with Crippen LogP contribution in [0.5, 0.6) is 0 Å². The van der Waals surface area contributed by atoms with Crippen molar-refractivity contribution in [1.82, 2.24) is 14.1 Å². The summed E-state index contributed by atoms with van der Waals surface area (Å²) in [5, 5.41) is 4.39. The zero-order valence-corrected chi connectivity index (χ0v) is 19.6. The normalized spacial score (nSPS) is 15.2. The first-order valence-electron chi connectivity index (χ1n) is 10.4. The van der Waals surface area contributed by atoms with E-state index in [4.69, 9.17) is 11.6 Å². The number of aromatic nitrogens is 2. The molecule has 0 bridgehead atoms. The first kappa shape index (κ1) is 22.5. The number of benzene rings is 2. The number of hydrogen-bond acceptors (Lipinski definition) is 5. The van der Waals surface area contributed by atoms with Gasteiger partial charge in [-0.1, -0.05) is 59.6 Å². The minimum Gasteiger partial charge on any atom is -0.366 e. The fraction of sp³-hybridized carbons (Fsp3) is 0.304. The average Bonchev–Trinajstić information content (AvgIpc) is 2.78. The number of piperazine rings is 1. The molecule has 1 aliphatic rings. The molecule has 1 aliphatic heterocycles. The van der Waals surface area contributed by atoms with Crippen molar-refractivity contribution in [1.29, 1.82) is 0 Å². The number of sulfonamides is 1. The van der Waals surface area contributed by atoms with E-state index in [0.29, 0.717) is 43.3 Å². The molecule has 0 amide bonds. The molecular formula is C23H25ClN4O3S. The largest absolute Gasteiger partial charge is 0.366 e. The maximum absolute atomic E-state index is 13.1. The Morgan fingerprint density at radius 3 is 2.34 bits per heavy atom. The molecule has 1 fully saturated rings. The summed E-state index contributed by atoms with van der Waals surface area (Å²) in [6, 6.07) is 14.9. The molecule has 7 nitrogen and oxygen atoms in total. The van der Waals surface area contributed by atoms with Crippen molar-refractivity contribution in [2.75, 3.05) is 31.1 Å². The molecule has 0 N–H and O–H groups in total. The summed E-state index contributed by atoms with van der Waals surface area (Å²) in [6.45, 7) is 5.54. The Balaban J connectivity index is 1.49. The van der Waals surface area contributed by atoms with E-state index in [1.54, 1.807) is 12.3 Å². The lowest BCUT2D eigenvalue weighted by Gasteiger charge is -2.35. The predicted molar refractivity (Wildman–Crippen MR) is 126 cm³/mol. The Hall–Kier alpha value is -2.68. The van der Waals surface area contributed by atoms with E-state index < -0.39 is 10.0 Å². The van der Waals surface area contributed by atoms with Crippen LogP contribution in [-0.2, 0) is 16.6 Å². The molecule has 9 heteroatoms. The van der Waals surface area contributed by atoms with E-state index >= 15 is 0 Å². The van der Waals surface area contributed by atoms with Crippen LogP contribution in [0.3, 0.4) is 0 Å². The quantitative estimate of drug-likeness (QED) is 0.570. The molecule has 0 spiro atoms. The average molecular weight is 473 g/mol. The van der Waals surface area contributed by atoms with Crippen molar-refractivity contribution in [2.45, 2.75) is 25.3 Å². The molecule has 0 atom stereocenters. The second kappa shape index (κ2) is 9.05. The molecule has 0 radical (unpaired) electrons. The van der Waals surface area contributed by atoms with Gasteiger partial charge in [0.1, 0.15) is 5.02 Å². The third-order valence-electron chi connectivity index (χ3n) is 5.67. The summed E-state index contributed by atoms with van der Waals surface area (Å²) in [6.07, 6.45) is 1.58. The van der Waals surface area contributed by atoms with Crippen molar-refractivity contribution in [3.8, 4) is 0 Å². The molecule has 1 saturated heterocycles. The van der Waals surface area contributed by atoms with Crippen molar-refractivity contribution in [2.24, 2.45) is 0 Å². The number of rotatable bonds is 5. The van der Waals surface area contributed by atoms with Crippen LogP contribution in [0, 0.1) is 13.8 Å². The summed E-state index contributed by atoms with van der Waals surface area (Å²) < 4.78 is 29.1. The van der Waals surface area contributed by atoms with Gasteiger partial charge in [-0.25, -0.2) is 13.1 Å². The van der Waals surface area contributed by atoms with Gasteiger partial charge >= 0.3 is 0 Å². The van der Waals surface area contributed by atoms with Gasteiger partial charge in [-0.2, -0.15) is 9.40 Å². The predicted octanol–water partition coefficient (Wildman–Crippen LogP) is 3.07. The lowest BCUT2D eigenvalue weighted by molar-refractivity contribution is 0.384. The van der Waals surface area contributed by atoms with Gasteiger partial charge in [-0.05, 0) is 31.0 Å². The van der Waals surface area contributed by atoms with Gasteiger partial charge < -0.3 is 4.90 Å². The van der Waals surface area contributed by atoms with Gasteiger partial charge in [0.25, 0.3) is 5.56 Å². The van der Waals surface area contributed by atoms with Crippen LogP contribution in [-0.4, -0.2) is 48.7 Å². The van der Waals surface area contributed by atoms with Gasteiger partial charge in [0.2, 0.25) is 10.0 Å². The number of nitrogens with zero attached hydrogens (tertiary/aromatic N) is 4. The summed E-state index contributed by atoms with van der Waals surface area (Å²) in [5.41, 5.74) is 2.89. The molecule has 2 heterocycles. The van der Waals surface area contributed by atoms with Gasteiger partial charge in [-0.3, -0.25) is 4.79 Å². The van der Waals surface area contributed by atoms with Gasteiger partial charge in [0, 0.05) is 26.2 Å². The fourth-order valence-corrected chi connectivity index (χ4v) is 5.84. The number of halogens is 1. The van der Waals surface area contributed by atoms with Crippen LogP contribution in [0.15, 0.2) is 64.4 Å². The van der Waals surface area contributed by atoms with Crippen LogP contribution < -0.4 is 10.5 Å². The lowest BCUT2D eigenvalue weighted by atomic mass is 10.2. The highest BCUT2D eigenvalue weighted by atomic mass is 35.5. The Bertz CT molecular complexity index is 1280. The molecule has 0 aliphatic carbocycles. The van der Waals surface area contributed by atoms with E-state index in [-0.39, 0.29) is 10.6 Å². The van der Waals surface area contributed by atoms with Crippen molar-refractivity contribution < 1.29 is 8.42 Å². The Morgan fingerprint density at radius 1 is 1.00 bits per heavy atom. The monoisotopic (exact) mass is 472 g/mol. The zero-order chi connectivity index (χ0) is 22.9. The standard InChI is InChI=1S/C23H25ClN4O3S/c1-17-8-9-21(18(2)14-17)32(30,31)27-12-10-26(11-13-27)20-15-25-28(23(29)22(20)24)16-19-6-4-3-5-7-19/h3-9,14-15H,10-13,16H2,1-2H3. The van der Waals surface area contributed by atoms with E-state index in [9.17, 15) is 13.2 Å². The number of anilines is 1. The van der Waals surface area contributed by atoms with Gasteiger partial charge in [0.05, 0.1) is 23.3 Å². The zero-order valence-electron chi connectivity index (χ0n) is 18.0. The van der Waals surface area contributed by atoms with Crippen molar-refractivity contribution in [3.05, 3.63) is 86.8 Å². The highest BCUT2D eigenvalue weighted by Gasteiger charge is 2.30. The van der Waals surface area contributed by atoms with Crippen LogP contribution in [0.25, 0.3) is 0 Å². The van der Waals surface area contributed by atoms with E-state index in [1.165, 1.54) is 8.99 Å². The minimum atomic E-state index is -3.58. The third-order valence-corrected chi connectivity index (χ3v) is 8.08. The molecule has 32 heavy (non-hydrogen) atoms. The highest BCUT2D eigenvalue weighted by molar-refractivity contribution is 7.89. The number of hydrogen-bond donors (Lipinski definition) is 0. The maximum atomic E-state index is 13.1. The Morgan fingerprint density at radius 2 is 1.69 bits per heavy atom. The van der Waals surface area contributed by atoms with Crippen LogP contribution in [0.1, 0.15) is 16.7 Å². The number of aryl methyl sites for hydroxylation is 2. The smallest absolute Gasteiger partial charge is 0.287 e. The topological polar surface area (TPSA) is 75.5 Å². The van der Waals surface area contributed by atoms with Crippen molar-refractivity contribution in [3.63, 3.8) is 0 Å². The first-order chi connectivity index (χ1) is 15.3. The SMILES string of the molecule is Cc1ccc(S(=O)(=O)N2CCN(c3cnn(Cc4ccccc4)c(=O)c3Cl)CC2)c(C)c1.